The molecule has 0 bridgehead atoms. The minimum atomic E-state index is -1.48. The molecule has 13 nitrogen and oxygen atoms in total. The largest absolute Gasteiger partial charge is 0.493 e. The highest BCUT2D eigenvalue weighted by atomic mass is 32.1. The first kappa shape index (κ1) is 25.6. The minimum Gasteiger partial charge on any atom is -0.493 e. The Morgan fingerprint density at radius 1 is 1.37 bits per heavy atom. The molecule has 0 saturated carbocycles. The first-order chi connectivity index (χ1) is 18.3. The van der Waals surface area contributed by atoms with E-state index >= 15 is 4.39 Å². The summed E-state index contributed by atoms with van der Waals surface area (Å²) in [6.07, 6.45) is -2.15. The molecule has 2 aromatic carbocycles. The maximum atomic E-state index is 16.0. The van der Waals surface area contributed by atoms with Crippen LogP contribution in [0.1, 0.15) is 38.6 Å². The summed E-state index contributed by atoms with van der Waals surface area (Å²) in [5, 5.41) is 15.1. The summed E-state index contributed by atoms with van der Waals surface area (Å²) in [6, 6.07) is 7.42. The summed E-state index contributed by atoms with van der Waals surface area (Å²) in [6.45, 7) is -0.0681. The van der Waals surface area contributed by atoms with Crippen LogP contribution in [0.25, 0.3) is 0 Å². The number of nitrogens with two attached hydrogens (primary N) is 3. The van der Waals surface area contributed by atoms with Crippen LogP contribution in [0.5, 0.6) is 11.5 Å². The van der Waals surface area contributed by atoms with Crippen molar-refractivity contribution in [3.8, 4) is 11.5 Å². The number of amides is 1. The zero-order valence-electron chi connectivity index (χ0n) is 20.1. The number of nitrogens with one attached hydrogen (secondary N) is 2. The number of amidine groups is 1. The monoisotopic (exact) mass is 544 g/mol. The standard InChI is InChI=1S/C23H25FN8O5S/c1-35-14-6-12(15(24)13-7-36-9-37-17(13)14)16(29-11-4-2-10(3-5-11)19(25)26)21-30-23(34)32(31-21)22-18(20(27)33)38-8-28-22/h2-6,8,16,19,23,29,34H,7,9,25-26H2,1H3,(H2,27,33)(H,30,31). The minimum absolute atomic E-state index is 0.0311. The smallest absolute Gasteiger partial charge is 0.262 e. The van der Waals surface area contributed by atoms with Crippen LogP contribution < -0.4 is 42.4 Å². The fraction of sp³-hybridized carbons (Fsp3) is 0.261. The van der Waals surface area contributed by atoms with E-state index in [0.717, 1.165) is 16.3 Å². The number of nitrogens with zero attached hydrogens (tertiary/aromatic N) is 3. The third-order valence-electron chi connectivity index (χ3n) is 5.97. The first-order valence-electron chi connectivity index (χ1n) is 11.3. The Morgan fingerprint density at radius 3 is 2.82 bits per heavy atom. The molecule has 1 amide bonds. The van der Waals surface area contributed by atoms with Crippen molar-refractivity contribution in [3.05, 3.63) is 63.2 Å². The zero-order chi connectivity index (χ0) is 27.0. The van der Waals surface area contributed by atoms with Crippen molar-refractivity contribution in [2.75, 3.05) is 24.2 Å². The maximum absolute atomic E-state index is 16.0. The molecule has 9 N–H and O–H groups in total. The van der Waals surface area contributed by atoms with Gasteiger partial charge in [-0.05, 0) is 23.8 Å². The molecular formula is C23H25FN8O5S. The molecule has 0 spiro atoms. The van der Waals surface area contributed by atoms with E-state index in [1.807, 2.05) is 0 Å². The lowest BCUT2D eigenvalue weighted by molar-refractivity contribution is -0.0200. The molecule has 1 aromatic heterocycles. The maximum Gasteiger partial charge on any atom is 0.262 e. The van der Waals surface area contributed by atoms with Gasteiger partial charge < -0.3 is 41.8 Å². The van der Waals surface area contributed by atoms with E-state index in [1.165, 1.54) is 18.7 Å². The number of aromatic nitrogens is 1. The topological polar surface area (TPSA) is 196 Å². The molecule has 2 aliphatic rings. The second-order valence-electron chi connectivity index (χ2n) is 8.34. The van der Waals surface area contributed by atoms with Gasteiger partial charge in [-0.3, -0.25) is 10.2 Å². The van der Waals surface area contributed by atoms with Crippen molar-refractivity contribution in [1.82, 2.24) is 10.4 Å². The second kappa shape index (κ2) is 10.4. The lowest BCUT2D eigenvalue weighted by Crippen LogP contribution is -2.44. The molecule has 15 heteroatoms. The van der Waals surface area contributed by atoms with Gasteiger partial charge in [0.1, 0.15) is 22.6 Å². The average molecular weight is 545 g/mol. The molecule has 3 aromatic rings. The van der Waals surface area contributed by atoms with Gasteiger partial charge in [-0.2, -0.15) is 0 Å². The Labute approximate surface area is 220 Å². The fourth-order valence-electron chi connectivity index (χ4n) is 4.12. The number of hydrogen-bond donors (Lipinski definition) is 6. The van der Waals surface area contributed by atoms with Crippen LogP contribution >= 0.6 is 11.3 Å². The Morgan fingerprint density at radius 2 is 2.13 bits per heavy atom. The molecule has 0 aliphatic carbocycles. The van der Waals surface area contributed by atoms with Crippen molar-refractivity contribution < 1.29 is 28.5 Å². The van der Waals surface area contributed by atoms with Crippen molar-refractivity contribution in [2.24, 2.45) is 22.2 Å². The van der Waals surface area contributed by atoms with Crippen molar-refractivity contribution >= 4 is 34.6 Å². The Hall–Kier alpha value is -4.02. The third-order valence-corrected chi connectivity index (χ3v) is 6.80. The van der Waals surface area contributed by atoms with E-state index < -0.39 is 30.3 Å². The number of methoxy groups -OCH3 is 1. The van der Waals surface area contributed by atoms with Crippen LogP contribution in [-0.4, -0.2) is 42.1 Å². The number of rotatable bonds is 8. The van der Waals surface area contributed by atoms with E-state index in [0.29, 0.717) is 17.0 Å². The molecule has 2 unspecified atom stereocenters. The normalized spacial score (nSPS) is 17.4. The SMILES string of the molecule is COc1cc(C(Nc2ccc(C(N)N)cc2)C2=NC(O)N(c3ncsc3C(N)=O)N2)c(F)c2c1OCOC2. The number of ether oxygens (including phenoxy) is 3. The van der Waals surface area contributed by atoms with Crippen LogP contribution in [0.3, 0.4) is 0 Å². The number of hydrazine groups is 1. The molecule has 0 saturated heterocycles. The van der Waals surface area contributed by atoms with E-state index in [1.54, 1.807) is 24.3 Å². The molecule has 2 atom stereocenters. The number of carbonyl (C=O) groups is 1. The number of benzene rings is 2. The van der Waals surface area contributed by atoms with Crippen LogP contribution in [0.15, 0.2) is 40.8 Å². The molecule has 2 aliphatic heterocycles. The number of thiazole rings is 1. The number of carbonyl (C=O) groups excluding carboxylic acids is 1. The number of fused-ring (bicyclic) bond motifs is 1. The highest BCUT2D eigenvalue weighted by molar-refractivity contribution is 7.12. The second-order valence-corrected chi connectivity index (χ2v) is 9.19. The van der Waals surface area contributed by atoms with Crippen molar-refractivity contribution in [2.45, 2.75) is 25.2 Å². The van der Waals surface area contributed by atoms with Gasteiger partial charge in [0.15, 0.2) is 24.1 Å². The molecule has 0 fully saturated rings. The number of hydrogen-bond acceptors (Lipinski definition) is 13. The predicted octanol–water partition coefficient (Wildman–Crippen LogP) is 1.02. The van der Waals surface area contributed by atoms with Crippen LogP contribution in [0, 0.1) is 5.82 Å². The molecule has 200 valence electrons. The molecule has 0 radical (unpaired) electrons. The Balaban J connectivity index is 1.56. The third kappa shape index (κ3) is 4.68. The summed E-state index contributed by atoms with van der Waals surface area (Å²) >= 11 is 1.01. The van der Waals surface area contributed by atoms with Gasteiger partial charge in [-0.15, -0.1) is 11.3 Å². The van der Waals surface area contributed by atoms with Gasteiger partial charge >= 0.3 is 0 Å². The quantitative estimate of drug-likeness (QED) is 0.222. The molecule has 5 rings (SSSR count). The molecular weight excluding hydrogens is 519 g/mol. The van der Waals surface area contributed by atoms with Crippen molar-refractivity contribution in [1.29, 1.82) is 0 Å². The van der Waals surface area contributed by atoms with E-state index in [4.69, 9.17) is 31.4 Å². The van der Waals surface area contributed by atoms with Crippen LogP contribution in [0.2, 0.25) is 0 Å². The average Bonchev–Trinajstić information content (AvgIpc) is 3.55. The van der Waals surface area contributed by atoms with Gasteiger partial charge in [0, 0.05) is 11.3 Å². The molecule has 38 heavy (non-hydrogen) atoms. The highest BCUT2D eigenvalue weighted by Gasteiger charge is 2.36. The summed E-state index contributed by atoms with van der Waals surface area (Å²) in [4.78, 5) is 20.4. The van der Waals surface area contributed by atoms with Gasteiger partial charge in [0.05, 0.1) is 31.0 Å². The number of anilines is 2. The van der Waals surface area contributed by atoms with E-state index in [-0.39, 0.29) is 46.8 Å². The predicted molar refractivity (Wildman–Crippen MR) is 137 cm³/mol. The van der Waals surface area contributed by atoms with Crippen LogP contribution in [0.4, 0.5) is 15.9 Å². The lowest BCUT2D eigenvalue weighted by atomic mass is 9.99. The Kier molecular flexibility index (Phi) is 7.00. The first-order valence-corrected chi connectivity index (χ1v) is 12.2. The van der Waals surface area contributed by atoms with Crippen molar-refractivity contribution in [3.63, 3.8) is 0 Å². The lowest BCUT2D eigenvalue weighted by Gasteiger charge is -2.27. The van der Waals surface area contributed by atoms with E-state index in [2.05, 4.69) is 20.7 Å². The zero-order valence-corrected chi connectivity index (χ0v) is 20.9. The van der Waals surface area contributed by atoms with Gasteiger partial charge in [-0.1, -0.05) is 12.1 Å². The summed E-state index contributed by atoms with van der Waals surface area (Å²) in [5.74, 6) is -0.581. The van der Waals surface area contributed by atoms with Gasteiger partial charge in [0.25, 0.3) is 5.91 Å². The summed E-state index contributed by atoms with van der Waals surface area (Å²) in [7, 11) is 1.44. The number of aliphatic hydroxyl groups excluding tert-OH is 1. The number of primary amides is 1. The highest BCUT2D eigenvalue weighted by Crippen LogP contribution is 2.41. The fourth-order valence-corrected chi connectivity index (χ4v) is 4.75. The number of halogens is 1. The Bertz CT molecular complexity index is 1380. The summed E-state index contributed by atoms with van der Waals surface area (Å²) < 4.78 is 32.2. The van der Waals surface area contributed by atoms with Gasteiger partial charge in [0.2, 0.25) is 6.35 Å². The van der Waals surface area contributed by atoms with Gasteiger partial charge in [-0.25, -0.2) is 19.4 Å². The number of aliphatic hydroxyl groups is 1. The number of aliphatic imine (C=N–C) groups is 1. The van der Waals surface area contributed by atoms with E-state index in [9.17, 15) is 9.90 Å². The van der Waals surface area contributed by atoms with Crippen LogP contribution in [-0.2, 0) is 11.3 Å². The summed E-state index contributed by atoms with van der Waals surface area (Å²) in [5.41, 5.74) is 22.9. The molecule has 3 heterocycles.